The van der Waals surface area contributed by atoms with Crippen molar-refractivity contribution in [3.8, 4) is 0 Å². The van der Waals surface area contributed by atoms with Crippen LogP contribution in [0, 0.1) is 0 Å². The first kappa shape index (κ1) is 15.4. The third-order valence-electron chi connectivity index (χ3n) is 3.42. The van der Waals surface area contributed by atoms with Crippen molar-refractivity contribution >= 4 is 17.7 Å². The molecule has 1 aromatic rings. The Morgan fingerprint density at radius 2 is 2.05 bits per heavy atom. The van der Waals surface area contributed by atoms with Crippen LogP contribution in [0.15, 0.2) is 18.2 Å². The van der Waals surface area contributed by atoms with Crippen LogP contribution in [0.2, 0.25) is 0 Å². The van der Waals surface area contributed by atoms with Gasteiger partial charge in [0.15, 0.2) is 0 Å². The number of aliphatic carboxylic acids is 1. The molecule has 1 aliphatic heterocycles. The van der Waals surface area contributed by atoms with Crippen molar-refractivity contribution in [1.82, 2.24) is 0 Å². The molecule has 1 heterocycles. The lowest BCUT2D eigenvalue weighted by Crippen LogP contribution is -2.45. The van der Waals surface area contributed by atoms with Crippen molar-refractivity contribution in [2.24, 2.45) is 0 Å². The fourth-order valence-corrected chi connectivity index (χ4v) is 2.43. The average molecular weight is 291 g/mol. The molecule has 0 saturated heterocycles. The number of amides is 1. The molecule has 0 aromatic heterocycles. The second kappa shape index (κ2) is 5.39. The summed E-state index contributed by atoms with van der Waals surface area (Å²) < 4.78 is 5.36. The van der Waals surface area contributed by atoms with Crippen LogP contribution in [-0.2, 0) is 22.4 Å². The standard InChI is InChI=1S/C16H21NO4/c1-5-10-6-7-11-9-13(14(18)19)17(12(11)8-10)15(20)21-16(2,3)4/h6-8,13H,5,9H2,1-4H3,(H,18,19)/t13-/m0/s1. The van der Waals surface area contributed by atoms with Gasteiger partial charge in [-0.3, -0.25) is 4.90 Å². The van der Waals surface area contributed by atoms with Crippen LogP contribution in [0.25, 0.3) is 0 Å². The number of aryl methyl sites for hydroxylation is 1. The number of fused-ring (bicyclic) bond motifs is 1. The summed E-state index contributed by atoms with van der Waals surface area (Å²) in [6.45, 7) is 7.31. The number of hydrogen-bond donors (Lipinski definition) is 1. The van der Waals surface area contributed by atoms with Gasteiger partial charge in [0.05, 0.1) is 5.69 Å². The number of carbonyl (C=O) groups is 2. The quantitative estimate of drug-likeness (QED) is 0.909. The Morgan fingerprint density at radius 1 is 1.38 bits per heavy atom. The highest BCUT2D eigenvalue weighted by atomic mass is 16.6. The molecular formula is C16H21NO4. The van der Waals surface area contributed by atoms with Gasteiger partial charge in [0.25, 0.3) is 0 Å². The highest BCUT2D eigenvalue weighted by Crippen LogP contribution is 2.34. The Bertz CT molecular complexity index is 574. The molecule has 0 fully saturated rings. The molecule has 0 unspecified atom stereocenters. The Labute approximate surface area is 124 Å². The number of anilines is 1. The van der Waals surface area contributed by atoms with Crippen LogP contribution >= 0.6 is 0 Å². The van der Waals surface area contributed by atoms with Gasteiger partial charge in [0.1, 0.15) is 11.6 Å². The Kier molecular flexibility index (Phi) is 3.94. The monoisotopic (exact) mass is 291 g/mol. The number of ether oxygens (including phenoxy) is 1. The zero-order chi connectivity index (χ0) is 15.8. The molecule has 1 aliphatic rings. The topological polar surface area (TPSA) is 66.8 Å². The molecule has 1 aromatic carbocycles. The van der Waals surface area contributed by atoms with Gasteiger partial charge in [-0.15, -0.1) is 0 Å². The summed E-state index contributed by atoms with van der Waals surface area (Å²) >= 11 is 0. The summed E-state index contributed by atoms with van der Waals surface area (Å²) in [5.41, 5.74) is 1.92. The molecule has 0 radical (unpaired) electrons. The van der Waals surface area contributed by atoms with Crippen LogP contribution in [0.5, 0.6) is 0 Å². The van der Waals surface area contributed by atoms with E-state index < -0.39 is 23.7 Å². The molecule has 5 heteroatoms. The Morgan fingerprint density at radius 3 is 2.57 bits per heavy atom. The minimum Gasteiger partial charge on any atom is -0.480 e. The summed E-state index contributed by atoms with van der Waals surface area (Å²) in [7, 11) is 0. The highest BCUT2D eigenvalue weighted by molar-refractivity contribution is 5.98. The third kappa shape index (κ3) is 3.17. The normalized spacial score (nSPS) is 17.5. The van der Waals surface area contributed by atoms with E-state index in [2.05, 4.69) is 0 Å². The lowest BCUT2D eigenvalue weighted by Gasteiger charge is -2.27. The number of rotatable bonds is 2. The van der Waals surface area contributed by atoms with Crippen LogP contribution in [-0.4, -0.2) is 28.8 Å². The SMILES string of the molecule is CCc1ccc2c(c1)N(C(=O)OC(C)(C)C)[C@H](C(=O)O)C2. The maximum absolute atomic E-state index is 12.4. The zero-order valence-corrected chi connectivity index (χ0v) is 12.8. The van der Waals surface area contributed by atoms with E-state index in [9.17, 15) is 14.7 Å². The van der Waals surface area contributed by atoms with E-state index in [0.29, 0.717) is 12.1 Å². The number of hydrogen-bond acceptors (Lipinski definition) is 3. The van der Waals surface area contributed by atoms with Gasteiger partial charge in [-0.25, -0.2) is 9.59 Å². The minimum absolute atomic E-state index is 0.313. The van der Waals surface area contributed by atoms with E-state index in [0.717, 1.165) is 17.5 Å². The fourth-order valence-electron chi connectivity index (χ4n) is 2.43. The summed E-state index contributed by atoms with van der Waals surface area (Å²) in [5.74, 6) is -1.02. The number of nitrogens with zero attached hydrogens (tertiary/aromatic N) is 1. The smallest absolute Gasteiger partial charge is 0.415 e. The minimum atomic E-state index is -1.02. The van der Waals surface area contributed by atoms with E-state index in [4.69, 9.17) is 4.74 Å². The summed E-state index contributed by atoms with van der Waals surface area (Å²) in [6.07, 6.45) is 0.531. The first-order chi connectivity index (χ1) is 9.73. The number of carbonyl (C=O) groups excluding carboxylic acids is 1. The molecular weight excluding hydrogens is 270 g/mol. The lowest BCUT2D eigenvalue weighted by molar-refractivity contribution is -0.138. The zero-order valence-electron chi connectivity index (χ0n) is 12.8. The molecule has 0 spiro atoms. The van der Waals surface area contributed by atoms with Gasteiger partial charge in [-0.05, 0) is 44.4 Å². The third-order valence-corrected chi connectivity index (χ3v) is 3.42. The predicted molar refractivity (Wildman–Crippen MR) is 79.7 cm³/mol. The van der Waals surface area contributed by atoms with Gasteiger partial charge < -0.3 is 9.84 Å². The van der Waals surface area contributed by atoms with E-state index in [1.165, 1.54) is 4.90 Å². The number of carboxylic acid groups (broad SMARTS) is 1. The summed E-state index contributed by atoms with van der Waals surface area (Å²) in [5, 5.41) is 9.38. The molecule has 114 valence electrons. The van der Waals surface area contributed by atoms with E-state index in [-0.39, 0.29) is 0 Å². The van der Waals surface area contributed by atoms with Gasteiger partial charge in [-0.1, -0.05) is 19.1 Å². The maximum atomic E-state index is 12.4. The van der Waals surface area contributed by atoms with Crippen LogP contribution in [0.4, 0.5) is 10.5 Å². The van der Waals surface area contributed by atoms with Crippen molar-refractivity contribution in [3.05, 3.63) is 29.3 Å². The van der Waals surface area contributed by atoms with Crippen molar-refractivity contribution in [1.29, 1.82) is 0 Å². The number of carboxylic acids is 1. The van der Waals surface area contributed by atoms with Gasteiger partial charge in [-0.2, -0.15) is 0 Å². The largest absolute Gasteiger partial charge is 0.480 e. The van der Waals surface area contributed by atoms with Crippen molar-refractivity contribution in [3.63, 3.8) is 0 Å². The molecule has 2 rings (SSSR count). The lowest BCUT2D eigenvalue weighted by atomic mass is 10.1. The Hall–Kier alpha value is -2.04. The van der Waals surface area contributed by atoms with Gasteiger partial charge in [0.2, 0.25) is 0 Å². The molecule has 21 heavy (non-hydrogen) atoms. The van der Waals surface area contributed by atoms with Crippen molar-refractivity contribution < 1.29 is 19.4 Å². The molecule has 1 atom stereocenters. The van der Waals surface area contributed by atoms with Crippen LogP contribution in [0.3, 0.4) is 0 Å². The summed E-state index contributed by atoms with van der Waals surface area (Å²) in [4.78, 5) is 25.1. The fraction of sp³-hybridized carbons (Fsp3) is 0.500. The molecule has 0 aliphatic carbocycles. The Balaban J connectivity index is 2.40. The van der Waals surface area contributed by atoms with E-state index in [1.807, 2.05) is 25.1 Å². The maximum Gasteiger partial charge on any atom is 0.415 e. The molecule has 1 amide bonds. The first-order valence-electron chi connectivity index (χ1n) is 7.09. The molecule has 1 N–H and O–H groups in total. The summed E-state index contributed by atoms with van der Waals surface area (Å²) in [6, 6.07) is 4.84. The average Bonchev–Trinajstić information content (AvgIpc) is 2.74. The molecule has 0 bridgehead atoms. The van der Waals surface area contributed by atoms with E-state index >= 15 is 0 Å². The van der Waals surface area contributed by atoms with Gasteiger partial charge in [0, 0.05) is 6.42 Å². The predicted octanol–water partition coefficient (Wildman–Crippen LogP) is 3.00. The second-order valence-electron chi connectivity index (χ2n) is 6.23. The molecule has 5 nitrogen and oxygen atoms in total. The van der Waals surface area contributed by atoms with Crippen molar-refractivity contribution in [2.45, 2.75) is 52.2 Å². The van der Waals surface area contributed by atoms with Crippen LogP contribution < -0.4 is 4.90 Å². The number of benzene rings is 1. The molecule has 0 saturated carbocycles. The van der Waals surface area contributed by atoms with Crippen LogP contribution in [0.1, 0.15) is 38.8 Å². The highest BCUT2D eigenvalue weighted by Gasteiger charge is 2.40. The van der Waals surface area contributed by atoms with Crippen molar-refractivity contribution in [2.75, 3.05) is 4.90 Å². The second-order valence-corrected chi connectivity index (χ2v) is 6.23. The first-order valence-corrected chi connectivity index (χ1v) is 7.09. The van der Waals surface area contributed by atoms with E-state index in [1.54, 1.807) is 20.8 Å². The van der Waals surface area contributed by atoms with Gasteiger partial charge >= 0.3 is 12.1 Å².